The molecule has 2 bridgehead atoms. The molecule has 2 heterocycles. The Morgan fingerprint density at radius 3 is 2.64 bits per heavy atom. The standard InChI is InChI=1S/C19H29N3O2S/c1-12(23)22-7-5-13(6-8-22)11-19(2)17(24)21-18(25-19)20-16-10-14-3-4-15(16)9-14/h13-16H,3-11H2,1-2H3,(H,20,21,24)/t14-,15-,16?,19-/m0/s1. The monoisotopic (exact) mass is 363 g/mol. The van der Waals surface area contributed by atoms with Gasteiger partial charge in [-0.1, -0.05) is 18.2 Å². The molecule has 0 aromatic heterocycles. The largest absolute Gasteiger partial charge is 0.343 e. The van der Waals surface area contributed by atoms with Gasteiger partial charge in [-0.05, 0) is 63.2 Å². The molecule has 4 aliphatic rings. The molecule has 2 saturated carbocycles. The fraction of sp³-hybridized carbons (Fsp3) is 0.842. The molecule has 6 heteroatoms. The van der Waals surface area contributed by atoms with Gasteiger partial charge in [-0.15, -0.1) is 0 Å². The second-order valence-corrected chi connectivity index (χ2v) is 10.1. The highest BCUT2D eigenvalue weighted by atomic mass is 32.2. The van der Waals surface area contributed by atoms with E-state index in [1.54, 1.807) is 18.7 Å². The fourth-order valence-electron chi connectivity index (χ4n) is 5.23. The van der Waals surface area contributed by atoms with Crippen LogP contribution in [-0.2, 0) is 9.59 Å². The maximum Gasteiger partial charge on any atom is 0.242 e. The van der Waals surface area contributed by atoms with Crippen LogP contribution in [-0.4, -0.2) is 45.8 Å². The summed E-state index contributed by atoms with van der Waals surface area (Å²) in [6, 6.07) is 0.433. The van der Waals surface area contributed by atoms with Gasteiger partial charge in [0.1, 0.15) is 0 Å². The number of likely N-dealkylation sites (tertiary alicyclic amines) is 1. The van der Waals surface area contributed by atoms with Crippen molar-refractivity contribution >= 4 is 28.7 Å². The Morgan fingerprint density at radius 1 is 1.28 bits per heavy atom. The second kappa shape index (κ2) is 6.60. The molecule has 0 aromatic rings. The summed E-state index contributed by atoms with van der Waals surface area (Å²) in [5.41, 5.74) is 0. The van der Waals surface area contributed by atoms with Gasteiger partial charge in [0.15, 0.2) is 5.17 Å². The van der Waals surface area contributed by atoms with Crippen molar-refractivity contribution in [1.29, 1.82) is 0 Å². The number of piperidine rings is 1. The van der Waals surface area contributed by atoms with Gasteiger partial charge in [-0.25, -0.2) is 0 Å². The topological polar surface area (TPSA) is 61.8 Å². The maximum atomic E-state index is 12.6. The summed E-state index contributed by atoms with van der Waals surface area (Å²) in [5, 5.41) is 3.91. The first-order valence-corrected chi connectivity index (χ1v) is 10.6. The van der Waals surface area contributed by atoms with E-state index in [4.69, 9.17) is 4.99 Å². The number of aliphatic imine (C=N–C) groups is 1. The zero-order valence-electron chi connectivity index (χ0n) is 15.3. The van der Waals surface area contributed by atoms with Crippen molar-refractivity contribution in [2.75, 3.05) is 13.1 Å². The van der Waals surface area contributed by atoms with Gasteiger partial charge < -0.3 is 10.2 Å². The first kappa shape index (κ1) is 17.4. The van der Waals surface area contributed by atoms with E-state index in [9.17, 15) is 9.59 Å². The molecule has 4 atom stereocenters. The molecule has 0 aromatic carbocycles. The Bertz CT molecular complexity index is 599. The molecule has 1 N–H and O–H groups in total. The minimum Gasteiger partial charge on any atom is -0.343 e. The molecule has 138 valence electrons. The normalized spacial score (nSPS) is 40.1. The Morgan fingerprint density at radius 2 is 2.04 bits per heavy atom. The van der Waals surface area contributed by atoms with Gasteiger partial charge in [0.05, 0.1) is 10.8 Å². The van der Waals surface area contributed by atoms with Gasteiger partial charge in [-0.3, -0.25) is 14.6 Å². The predicted octanol–water partition coefficient (Wildman–Crippen LogP) is 2.80. The summed E-state index contributed by atoms with van der Waals surface area (Å²) in [6.07, 6.45) is 8.13. The highest BCUT2D eigenvalue weighted by molar-refractivity contribution is 8.16. The van der Waals surface area contributed by atoms with Crippen molar-refractivity contribution < 1.29 is 9.59 Å². The summed E-state index contributed by atoms with van der Waals surface area (Å²) in [6.45, 7) is 5.36. The number of hydrogen-bond acceptors (Lipinski definition) is 4. The number of nitrogens with zero attached hydrogens (tertiary/aromatic N) is 2. The van der Waals surface area contributed by atoms with Crippen LogP contribution in [0.2, 0.25) is 0 Å². The van der Waals surface area contributed by atoms with E-state index in [-0.39, 0.29) is 11.8 Å². The van der Waals surface area contributed by atoms with Crippen molar-refractivity contribution in [3.8, 4) is 0 Å². The number of fused-ring (bicyclic) bond motifs is 2. The molecule has 2 aliphatic heterocycles. The second-order valence-electron chi connectivity index (χ2n) is 8.62. The molecule has 4 fully saturated rings. The van der Waals surface area contributed by atoms with Crippen molar-refractivity contribution in [2.24, 2.45) is 22.7 Å². The van der Waals surface area contributed by atoms with Crippen molar-refractivity contribution in [2.45, 2.75) is 69.6 Å². The van der Waals surface area contributed by atoms with Gasteiger partial charge in [0, 0.05) is 20.0 Å². The number of carbonyl (C=O) groups is 2. The lowest BCUT2D eigenvalue weighted by atomic mass is 9.87. The number of amidine groups is 1. The molecule has 0 spiro atoms. The van der Waals surface area contributed by atoms with Crippen LogP contribution in [0.4, 0.5) is 0 Å². The molecule has 0 radical (unpaired) electrons. The summed E-state index contributed by atoms with van der Waals surface area (Å²) in [4.78, 5) is 30.9. The summed E-state index contributed by atoms with van der Waals surface area (Å²) >= 11 is 1.64. The third-order valence-electron chi connectivity index (χ3n) is 6.74. The number of nitrogens with one attached hydrogen (secondary N) is 1. The third kappa shape index (κ3) is 3.46. The lowest BCUT2D eigenvalue weighted by molar-refractivity contribution is -0.130. The van der Waals surface area contributed by atoms with E-state index >= 15 is 0 Å². The van der Waals surface area contributed by atoms with E-state index in [0.717, 1.165) is 49.4 Å². The van der Waals surface area contributed by atoms with Crippen molar-refractivity contribution in [1.82, 2.24) is 10.2 Å². The zero-order valence-corrected chi connectivity index (χ0v) is 16.1. The third-order valence-corrected chi connectivity index (χ3v) is 7.95. The Kier molecular flexibility index (Phi) is 4.59. The molecular weight excluding hydrogens is 334 g/mol. The van der Waals surface area contributed by atoms with E-state index in [1.807, 2.05) is 4.90 Å². The van der Waals surface area contributed by atoms with Crippen LogP contribution >= 0.6 is 11.8 Å². The highest BCUT2D eigenvalue weighted by Crippen LogP contribution is 2.47. The molecule has 2 saturated heterocycles. The molecule has 1 unspecified atom stereocenters. The van der Waals surface area contributed by atoms with Crippen LogP contribution in [0.5, 0.6) is 0 Å². The smallest absolute Gasteiger partial charge is 0.242 e. The average molecular weight is 364 g/mol. The molecule has 2 aliphatic carbocycles. The molecule has 5 nitrogen and oxygen atoms in total. The summed E-state index contributed by atoms with van der Waals surface area (Å²) < 4.78 is -0.403. The number of amides is 2. The Hall–Kier alpha value is -1.04. The molecule has 2 amide bonds. The molecular formula is C19H29N3O2S. The van der Waals surface area contributed by atoms with Crippen LogP contribution in [0.3, 0.4) is 0 Å². The highest BCUT2D eigenvalue weighted by Gasteiger charge is 2.46. The van der Waals surface area contributed by atoms with Gasteiger partial charge >= 0.3 is 0 Å². The lowest BCUT2D eigenvalue weighted by Gasteiger charge is -2.34. The van der Waals surface area contributed by atoms with Crippen LogP contribution in [0, 0.1) is 17.8 Å². The van der Waals surface area contributed by atoms with Crippen LogP contribution < -0.4 is 5.32 Å². The summed E-state index contributed by atoms with van der Waals surface area (Å²) in [5.74, 6) is 2.42. The lowest BCUT2D eigenvalue weighted by Crippen LogP contribution is -2.41. The quantitative estimate of drug-likeness (QED) is 0.839. The fourth-order valence-corrected chi connectivity index (χ4v) is 6.45. The number of thioether (sulfide) groups is 1. The number of rotatable bonds is 3. The molecule has 25 heavy (non-hydrogen) atoms. The van der Waals surface area contributed by atoms with Gasteiger partial charge in [-0.2, -0.15) is 0 Å². The van der Waals surface area contributed by atoms with Crippen molar-refractivity contribution in [3.05, 3.63) is 0 Å². The first-order valence-electron chi connectivity index (χ1n) is 9.77. The van der Waals surface area contributed by atoms with Crippen LogP contribution in [0.1, 0.15) is 58.8 Å². The van der Waals surface area contributed by atoms with E-state index < -0.39 is 4.75 Å². The minimum absolute atomic E-state index is 0.119. The van der Waals surface area contributed by atoms with Gasteiger partial charge in [0.25, 0.3) is 0 Å². The van der Waals surface area contributed by atoms with Crippen LogP contribution in [0.25, 0.3) is 0 Å². The van der Waals surface area contributed by atoms with E-state index in [1.165, 1.54) is 25.7 Å². The van der Waals surface area contributed by atoms with Gasteiger partial charge in [0.2, 0.25) is 11.8 Å². The molecule has 4 rings (SSSR count). The van der Waals surface area contributed by atoms with E-state index in [2.05, 4.69) is 12.2 Å². The predicted molar refractivity (Wildman–Crippen MR) is 100 cm³/mol. The van der Waals surface area contributed by atoms with Crippen LogP contribution in [0.15, 0.2) is 4.99 Å². The first-order chi connectivity index (χ1) is 11.9. The van der Waals surface area contributed by atoms with E-state index in [0.29, 0.717) is 12.0 Å². The summed E-state index contributed by atoms with van der Waals surface area (Å²) in [7, 11) is 0. The maximum absolute atomic E-state index is 12.6. The number of hydrogen-bond donors (Lipinski definition) is 1. The number of carbonyl (C=O) groups excluding carboxylic acids is 2. The minimum atomic E-state index is -0.403. The average Bonchev–Trinajstić information content (AvgIpc) is 3.24. The van der Waals surface area contributed by atoms with Crippen molar-refractivity contribution in [3.63, 3.8) is 0 Å². The Balaban J connectivity index is 1.35. The SMILES string of the molecule is CC(=O)N1CCC(C[C@]2(C)SC(=NC3C[C@H]4CC[C@H]3C4)NC2=O)CC1. The Labute approximate surface area is 154 Å². The zero-order chi connectivity index (χ0) is 17.6.